The molecule has 0 spiro atoms. The molecule has 0 radical (unpaired) electrons. The van der Waals surface area contributed by atoms with Crippen molar-refractivity contribution >= 4 is 0 Å². The van der Waals surface area contributed by atoms with Crippen LogP contribution in [0.1, 0.15) is 30.2 Å². The Bertz CT molecular complexity index is 557. The molecule has 0 bridgehead atoms. The molecule has 0 heterocycles. The van der Waals surface area contributed by atoms with E-state index in [2.05, 4.69) is 5.32 Å². The van der Waals surface area contributed by atoms with Gasteiger partial charge in [-0.05, 0) is 42.3 Å². The molecule has 20 heavy (non-hydrogen) atoms. The van der Waals surface area contributed by atoms with Crippen LogP contribution in [0, 0.1) is 11.6 Å². The summed E-state index contributed by atoms with van der Waals surface area (Å²) in [6.07, 6.45) is -0.784. The first kappa shape index (κ1) is 14.6. The molecule has 2 nitrogen and oxygen atoms in total. The molecule has 0 saturated carbocycles. The predicted octanol–water partition coefficient (Wildman–Crippen LogP) is 3.35. The van der Waals surface area contributed by atoms with E-state index in [-0.39, 0.29) is 17.7 Å². The highest BCUT2D eigenvalue weighted by molar-refractivity contribution is 5.21. The first-order chi connectivity index (χ1) is 9.56. The minimum Gasteiger partial charge on any atom is -0.387 e. The maximum Gasteiger partial charge on any atom is 0.123 e. The van der Waals surface area contributed by atoms with E-state index < -0.39 is 6.10 Å². The van der Waals surface area contributed by atoms with Crippen LogP contribution in [0.3, 0.4) is 0 Å². The van der Waals surface area contributed by atoms with Crippen molar-refractivity contribution in [2.75, 3.05) is 6.54 Å². The highest BCUT2D eigenvalue weighted by Gasteiger charge is 2.11. The quantitative estimate of drug-likeness (QED) is 0.878. The van der Waals surface area contributed by atoms with Gasteiger partial charge >= 0.3 is 0 Å². The van der Waals surface area contributed by atoms with E-state index in [1.807, 2.05) is 6.92 Å². The largest absolute Gasteiger partial charge is 0.387 e. The second-order valence-electron chi connectivity index (χ2n) is 4.75. The average Bonchev–Trinajstić information content (AvgIpc) is 2.45. The Kier molecular flexibility index (Phi) is 4.82. The van der Waals surface area contributed by atoms with Crippen LogP contribution in [-0.4, -0.2) is 11.7 Å². The lowest BCUT2D eigenvalue weighted by atomic mass is 10.1. The van der Waals surface area contributed by atoms with Crippen molar-refractivity contribution in [2.45, 2.75) is 19.1 Å². The van der Waals surface area contributed by atoms with E-state index in [0.29, 0.717) is 12.1 Å². The van der Waals surface area contributed by atoms with Crippen LogP contribution >= 0.6 is 0 Å². The minimum absolute atomic E-state index is 0.0289. The lowest BCUT2D eigenvalue weighted by Crippen LogP contribution is -2.24. The molecule has 2 rings (SSSR count). The SMILES string of the molecule is CC(NCC(O)c1cccc(F)c1)c1ccc(F)cc1. The third-order valence-electron chi connectivity index (χ3n) is 3.22. The summed E-state index contributed by atoms with van der Waals surface area (Å²) >= 11 is 0. The van der Waals surface area contributed by atoms with Gasteiger partial charge in [0.25, 0.3) is 0 Å². The van der Waals surface area contributed by atoms with Crippen LogP contribution in [0.15, 0.2) is 48.5 Å². The van der Waals surface area contributed by atoms with Gasteiger partial charge in [-0.1, -0.05) is 24.3 Å². The molecule has 0 fully saturated rings. The topological polar surface area (TPSA) is 32.3 Å². The summed E-state index contributed by atoms with van der Waals surface area (Å²) in [7, 11) is 0. The Labute approximate surface area is 117 Å². The average molecular weight is 277 g/mol. The number of rotatable bonds is 5. The zero-order valence-corrected chi connectivity index (χ0v) is 11.2. The first-order valence-electron chi connectivity index (χ1n) is 6.48. The number of hydrogen-bond acceptors (Lipinski definition) is 2. The monoisotopic (exact) mass is 277 g/mol. The summed E-state index contributed by atoms with van der Waals surface area (Å²) in [6.45, 7) is 2.22. The Balaban J connectivity index is 1.93. The molecule has 2 atom stereocenters. The predicted molar refractivity (Wildman–Crippen MR) is 74.2 cm³/mol. The third-order valence-corrected chi connectivity index (χ3v) is 3.22. The fourth-order valence-electron chi connectivity index (χ4n) is 1.99. The van der Waals surface area contributed by atoms with Gasteiger partial charge in [0.1, 0.15) is 11.6 Å². The number of halogens is 2. The van der Waals surface area contributed by atoms with Crippen LogP contribution in [0.5, 0.6) is 0 Å². The van der Waals surface area contributed by atoms with Gasteiger partial charge in [0.05, 0.1) is 6.10 Å². The lowest BCUT2D eigenvalue weighted by molar-refractivity contribution is 0.170. The highest BCUT2D eigenvalue weighted by Crippen LogP contribution is 2.16. The fourth-order valence-corrected chi connectivity index (χ4v) is 1.99. The summed E-state index contributed by atoms with van der Waals surface area (Å²) in [6, 6.07) is 12.1. The second kappa shape index (κ2) is 6.59. The lowest BCUT2D eigenvalue weighted by Gasteiger charge is -2.18. The second-order valence-corrected chi connectivity index (χ2v) is 4.75. The van der Waals surface area contributed by atoms with E-state index in [9.17, 15) is 13.9 Å². The summed E-state index contributed by atoms with van der Waals surface area (Å²) in [5, 5.41) is 13.1. The number of aliphatic hydroxyl groups is 1. The van der Waals surface area contributed by atoms with Crippen molar-refractivity contribution in [2.24, 2.45) is 0 Å². The van der Waals surface area contributed by atoms with Crippen molar-refractivity contribution in [3.05, 3.63) is 71.3 Å². The summed E-state index contributed by atoms with van der Waals surface area (Å²) in [5.74, 6) is -0.645. The molecule has 106 valence electrons. The standard InChI is InChI=1S/C16H17F2NO/c1-11(12-5-7-14(17)8-6-12)19-10-16(20)13-3-2-4-15(18)9-13/h2-9,11,16,19-20H,10H2,1H3. The molecule has 0 aliphatic heterocycles. The van der Waals surface area contributed by atoms with Crippen molar-refractivity contribution in [3.63, 3.8) is 0 Å². The minimum atomic E-state index is -0.784. The van der Waals surface area contributed by atoms with Gasteiger partial charge in [-0.25, -0.2) is 8.78 Å². The van der Waals surface area contributed by atoms with Crippen LogP contribution in [0.4, 0.5) is 8.78 Å². The molecule has 2 aromatic rings. The van der Waals surface area contributed by atoms with Gasteiger partial charge in [-0.15, -0.1) is 0 Å². The van der Waals surface area contributed by atoms with Crippen molar-refractivity contribution in [3.8, 4) is 0 Å². The number of nitrogens with one attached hydrogen (secondary N) is 1. The smallest absolute Gasteiger partial charge is 0.123 e. The molecule has 2 unspecified atom stereocenters. The van der Waals surface area contributed by atoms with E-state index in [4.69, 9.17) is 0 Å². The maximum atomic E-state index is 13.1. The van der Waals surface area contributed by atoms with Crippen molar-refractivity contribution < 1.29 is 13.9 Å². The van der Waals surface area contributed by atoms with Crippen LogP contribution in [0.2, 0.25) is 0 Å². The normalized spacial score (nSPS) is 14.0. The summed E-state index contributed by atoms with van der Waals surface area (Å²) < 4.78 is 25.9. The van der Waals surface area contributed by atoms with Gasteiger partial charge in [0, 0.05) is 12.6 Å². The fraction of sp³-hybridized carbons (Fsp3) is 0.250. The van der Waals surface area contributed by atoms with Crippen LogP contribution in [0.25, 0.3) is 0 Å². The number of benzene rings is 2. The van der Waals surface area contributed by atoms with E-state index in [1.165, 1.54) is 24.3 Å². The van der Waals surface area contributed by atoms with Gasteiger partial charge in [0.15, 0.2) is 0 Å². The zero-order valence-electron chi connectivity index (χ0n) is 11.2. The van der Waals surface area contributed by atoms with Crippen molar-refractivity contribution in [1.82, 2.24) is 5.32 Å². The number of aliphatic hydroxyl groups excluding tert-OH is 1. The Morgan fingerprint density at radius 3 is 2.35 bits per heavy atom. The molecular weight excluding hydrogens is 260 g/mol. The van der Waals surface area contributed by atoms with Gasteiger partial charge in [0.2, 0.25) is 0 Å². The third kappa shape index (κ3) is 3.85. The molecule has 4 heteroatoms. The van der Waals surface area contributed by atoms with Crippen LogP contribution in [-0.2, 0) is 0 Å². The van der Waals surface area contributed by atoms with E-state index in [1.54, 1.807) is 24.3 Å². The molecule has 0 aromatic heterocycles. The van der Waals surface area contributed by atoms with Gasteiger partial charge in [-0.2, -0.15) is 0 Å². The number of hydrogen-bond donors (Lipinski definition) is 2. The van der Waals surface area contributed by atoms with E-state index >= 15 is 0 Å². The molecule has 0 aliphatic carbocycles. The van der Waals surface area contributed by atoms with Crippen molar-refractivity contribution in [1.29, 1.82) is 0 Å². The molecule has 2 aromatic carbocycles. The van der Waals surface area contributed by atoms with Gasteiger partial charge in [-0.3, -0.25) is 0 Å². The Hall–Kier alpha value is -1.78. The molecule has 2 N–H and O–H groups in total. The van der Waals surface area contributed by atoms with E-state index in [0.717, 1.165) is 5.56 Å². The van der Waals surface area contributed by atoms with Gasteiger partial charge < -0.3 is 10.4 Å². The molecular formula is C16H17F2NO. The maximum absolute atomic E-state index is 13.1. The summed E-state index contributed by atoms with van der Waals surface area (Å²) in [5.41, 5.74) is 1.46. The molecule has 0 saturated heterocycles. The highest BCUT2D eigenvalue weighted by atomic mass is 19.1. The molecule has 0 aliphatic rings. The first-order valence-corrected chi connectivity index (χ1v) is 6.48. The molecule has 0 amide bonds. The summed E-state index contributed by atoms with van der Waals surface area (Å²) in [4.78, 5) is 0. The Morgan fingerprint density at radius 2 is 1.70 bits per heavy atom. The van der Waals surface area contributed by atoms with Crippen LogP contribution < -0.4 is 5.32 Å². The zero-order chi connectivity index (χ0) is 14.5. The Morgan fingerprint density at radius 1 is 1.00 bits per heavy atom.